The molecule has 0 spiro atoms. The van der Waals surface area contributed by atoms with Crippen LogP contribution in [0.3, 0.4) is 0 Å². The lowest BCUT2D eigenvalue weighted by atomic mass is 10.0. The second-order valence-corrected chi connectivity index (χ2v) is 4.10. The number of aliphatic hydroxyl groups excluding tert-OH is 2. The van der Waals surface area contributed by atoms with E-state index in [0.29, 0.717) is 6.61 Å². The molecule has 1 aliphatic rings. The molecule has 0 bridgehead atoms. The van der Waals surface area contributed by atoms with Crippen LogP contribution in [0.15, 0.2) is 0 Å². The van der Waals surface area contributed by atoms with Crippen LogP contribution in [-0.2, 0) is 9.47 Å². The molecule has 3 N–H and O–H groups in total. The summed E-state index contributed by atoms with van der Waals surface area (Å²) in [6, 6.07) is 0. The molecule has 0 unspecified atom stereocenters. The summed E-state index contributed by atoms with van der Waals surface area (Å²) in [5.74, 6) is -0.958. The fourth-order valence-electron chi connectivity index (χ4n) is 1.05. The molecule has 1 rings (SSSR count). The van der Waals surface area contributed by atoms with Gasteiger partial charge >= 0.3 is 0 Å². The van der Waals surface area contributed by atoms with Crippen molar-refractivity contribution < 1.29 is 24.8 Å². The molecular weight excluding hydrogens is 224 g/mol. The number of hydrogen-bond acceptors (Lipinski definition) is 5. The molecule has 1 saturated heterocycles. The predicted octanol–water partition coefficient (Wildman–Crippen LogP) is 0.908. The smallest absolute Gasteiger partial charge is 0.159 e. The summed E-state index contributed by atoms with van der Waals surface area (Å²) in [6.07, 6.45) is 1.72. The van der Waals surface area contributed by atoms with Crippen molar-refractivity contribution in [3.8, 4) is 0 Å². The summed E-state index contributed by atoms with van der Waals surface area (Å²) in [4.78, 5) is 0. The molecule has 0 aromatic heterocycles. The maximum absolute atomic E-state index is 8.73. The number of methoxy groups -OCH3 is 1. The number of hydrogen-bond donors (Lipinski definition) is 3. The maximum atomic E-state index is 8.73. The Labute approximate surface area is 104 Å². The Hall–Kier alpha value is -0.200. The van der Waals surface area contributed by atoms with Crippen LogP contribution in [0.1, 0.15) is 40.5 Å². The van der Waals surface area contributed by atoms with Crippen molar-refractivity contribution in [3.63, 3.8) is 0 Å². The molecule has 1 fully saturated rings. The molecule has 5 heteroatoms. The summed E-state index contributed by atoms with van der Waals surface area (Å²) >= 11 is 0. The standard InChI is InChI=1S/C6H12O3.C4H10O2.C2H6/c7-4-6(5-8)2-1-3-9-6;1-4(2,5)6-3;1-2/h7-8H,1-5H2;5H,1-3H3;1-2H3. The van der Waals surface area contributed by atoms with Crippen LogP contribution in [0.4, 0.5) is 0 Å². The van der Waals surface area contributed by atoms with Crippen LogP contribution in [0.2, 0.25) is 0 Å². The zero-order valence-electron chi connectivity index (χ0n) is 11.7. The third-order valence-electron chi connectivity index (χ3n) is 2.26. The highest BCUT2D eigenvalue weighted by molar-refractivity contribution is 4.83. The molecule has 0 aliphatic carbocycles. The van der Waals surface area contributed by atoms with E-state index in [9.17, 15) is 0 Å². The van der Waals surface area contributed by atoms with E-state index < -0.39 is 11.4 Å². The molecule has 0 aromatic rings. The van der Waals surface area contributed by atoms with Crippen LogP contribution < -0.4 is 0 Å². The highest BCUT2D eigenvalue weighted by atomic mass is 16.6. The fourth-order valence-corrected chi connectivity index (χ4v) is 1.05. The largest absolute Gasteiger partial charge is 0.393 e. The second-order valence-electron chi connectivity index (χ2n) is 4.10. The summed E-state index contributed by atoms with van der Waals surface area (Å²) in [6.45, 7) is 7.69. The molecule has 0 aromatic carbocycles. The minimum Gasteiger partial charge on any atom is -0.393 e. The summed E-state index contributed by atoms with van der Waals surface area (Å²) in [7, 11) is 1.46. The second kappa shape index (κ2) is 9.79. The summed E-state index contributed by atoms with van der Waals surface area (Å²) in [5, 5.41) is 26.1. The van der Waals surface area contributed by atoms with Crippen molar-refractivity contribution in [3.05, 3.63) is 0 Å². The predicted molar refractivity (Wildman–Crippen MR) is 66.7 cm³/mol. The molecule has 0 radical (unpaired) electrons. The van der Waals surface area contributed by atoms with E-state index in [-0.39, 0.29) is 13.2 Å². The van der Waals surface area contributed by atoms with Gasteiger partial charge in [-0.15, -0.1) is 0 Å². The van der Waals surface area contributed by atoms with Gasteiger partial charge in [-0.3, -0.25) is 0 Å². The minimum atomic E-state index is -0.958. The monoisotopic (exact) mass is 252 g/mol. The van der Waals surface area contributed by atoms with Gasteiger partial charge in [0.25, 0.3) is 0 Å². The number of aliphatic hydroxyl groups is 3. The van der Waals surface area contributed by atoms with E-state index >= 15 is 0 Å². The van der Waals surface area contributed by atoms with Crippen LogP contribution in [0, 0.1) is 0 Å². The molecule has 1 aliphatic heterocycles. The Bertz CT molecular complexity index is 153. The quantitative estimate of drug-likeness (QED) is 0.651. The number of ether oxygens (including phenoxy) is 2. The lowest BCUT2D eigenvalue weighted by Gasteiger charge is -2.22. The molecule has 0 atom stereocenters. The minimum absolute atomic E-state index is 0.0660. The van der Waals surface area contributed by atoms with E-state index in [1.165, 1.54) is 7.11 Å². The van der Waals surface area contributed by atoms with Crippen molar-refractivity contribution in [1.82, 2.24) is 0 Å². The van der Waals surface area contributed by atoms with E-state index in [2.05, 4.69) is 4.74 Å². The van der Waals surface area contributed by atoms with Gasteiger partial charge in [0.15, 0.2) is 5.79 Å². The third-order valence-corrected chi connectivity index (χ3v) is 2.26. The first-order chi connectivity index (χ1) is 7.89. The highest BCUT2D eigenvalue weighted by Crippen LogP contribution is 2.23. The summed E-state index contributed by atoms with van der Waals surface area (Å²) in [5.41, 5.74) is -0.611. The van der Waals surface area contributed by atoms with E-state index in [4.69, 9.17) is 20.1 Å². The molecule has 17 heavy (non-hydrogen) atoms. The van der Waals surface area contributed by atoms with E-state index in [1.54, 1.807) is 13.8 Å². The van der Waals surface area contributed by atoms with Crippen molar-refractivity contribution >= 4 is 0 Å². The van der Waals surface area contributed by atoms with Crippen LogP contribution >= 0.6 is 0 Å². The van der Waals surface area contributed by atoms with Gasteiger partial charge in [0.2, 0.25) is 0 Å². The molecule has 0 saturated carbocycles. The van der Waals surface area contributed by atoms with Crippen molar-refractivity contribution in [1.29, 1.82) is 0 Å². The zero-order chi connectivity index (χ0) is 13.9. The van der Waals surface area contributed by atoms with Gasteiger partial charge in [0, 0.05) is 13.7 Å². The lowest BCUT2D eigenvalue weighted by molar-refractivity contribution is -0.155. The third kappa shape index (κ3) is 9.50. The Morgan fingerprint density at radius 1 is 1.24 bits per heavy atom. The van der Waals surface area contributed by atoms with Gasteiger partial charge in [0.1, 0.15) is 5.60 Å². The Kier molecular flexibility index (Phi) is 11.0. The lowest BCUT2D eigenvalue weighted by Crippen LogP contribution is -2.36. The van der Waals surface area contributed by atoms with Gasteiger partial charge in [0.05, 0.1) is 13.2 Å². The van der Waals surface area contributed by atoms with Gasteiger partial charge in [-0.05, 0) is 26.7 Å². The van der Waals surface area contributed by atoms with Crippen LogP contribution in [0.25, 0.3) is 0 Å². The molecule has 0 amide bonds. The molecule has 106 valence electrons. The van der Waals surface area contributed by atoms with E-state index in [1.807, 2.05) is 13.8 Å². The zero-order valence-corrected chi connectivity index (χ0v) is 11.7. The Morgan fingerprint density at radius 2 is 1.65 bits per heavy atom. The first-order valence-corrected chi connectivity index (χ1v) is 6.02. The van der Waals surface area contributed by atoms with Crippen molar-refractivity contribution in [2.75, 3.05) is 26.9 Å². The normalized spacial score (nSPS) is 17.6. The topological polar surface area (TPSA) is 79.2 Å². The Morgan fingerprint density at radius 3 is 1.76 bits per heavy atom. The molecular formula is C12H28O5. The first kappa shape index (κ1) is 19.1. The first-order valence-electron chi connectivity index (χ1n) is 6.02. The average molecular weight is 252 g/mol. The summed E-state index contributed by atoms with van der Waals surface area (Å²) < 4.78 is 9.63. The van der Waals surface area contributed by atoms with Gasteiger partial charge in [-0.25, -0.2) is 0 Å². The fraction of sp³-hybridized carbons (Fsp3) is 1.00. The maximum Gasteiger partial charge on any atom is 0.159 e. The Balaban J connectivity index is 0. The highest BCUT2D eigenvalue weighted by Gasteiger charge is 2.33. The van der Waals surface area contributed by atoms with Crippen LogP contribution in [0.5, 0.6) is 0 Å². The van der Waals surface area contributed by atoms with Gasteiger partial charge in [-0.2, -0.15) is 0 Å². The number of rotatable bonds is 3. The molecule has 1 heterocycles. The molecule has 5 nitrogen and oxygen atoms in total. The van der Waals surface area contributed by atoms with Gasteiger partial charge in [-0.1, -0.05) is 13.8 Å². The van der Waals surface area contributed by atoms with Crippen molar-refractivity contribution in [2.45, 2.75) is 51.9 Å². The van der Waals surface area contributed by atoms with E-state index in [0.717, 1.165) is 12.8 Å². The average Bonchev–Trinajstić information content (AvgIpc) is 2.81. The van der Waals surface area contributed by atoms with Crippen molar-refractivity contribution in [2.24, 2.45) is 0 Å². The SMILES string of the molecule is CC.COC(C)(C)O.OCC1(CO)CCCO1. The van der Waals surface area contributed by atoms with Crippen LogP contribution in [-0.4, -0.2) is 53.6 Å². The van der Waals surface area contributed by atoms with Gasteiger partial charge < -0.3 is 24.8 Å².